The average molecular weight is 403 g/mol. The van der Waals surface area contributed by atoms with Crippen LogP contribution < -0.4 is 15.0 Å². The van der Waals surface area contributed by atoms with Crippen LogP contribution in [0, 0.1) is 11.8 Å². The van der Waals surface area contributed by atoms with Gasteiger partial charge in [-0.25, -0.2) is 0 Å². The van der Waals surface area contributed by atoms with Crippen molar-refractivity contribution in [2.24, 2.45) is 11.8 Å². The monoisotopic (exact) mass is 402 g/mol. The van der Waals surface area contributed by atoms with Crippen LogP contribution in [0.2, 0.25) is 0 Å². The third-order valence-corrected chi connectivity index (χ3v) is 6.21. The number of rotatable bonds is 8. The molecule has 0 unspecified atom stereocenters. The summed E-state index contributed by atoms with van der Waals surface area (Å²) < 4.78 is 5.46. The molecule has 2 fully saturated rings. The number of methoxy groups -OCH3 is 1. The summed E-state index contributed by atoms with van der Waals surface area (Å²) in [5, 5.41) is 2.97. The number of carbonyl (C=O) groups excluding carboxylic acids is 3. The summed E-state index contributed by atoms with van der Waals surface area (Å²) in [6.07, 6.45) is 3.74. The van der Waals surface area contributed by atoms with Crippen LogP contribution in [0.25, 0.3) is 0 Å². The summed E-state index contributed by atoms with van der Waals surface area (Å²) in [4.78, 5) is 40.0. The number of benzene rings is 1. The normalized spacial score (nSPS) is 22.6. The number of nitrogens with one attached hydrogen (secondary N) is 2. The average Bonchev–Trinajstić information content (AvgIpc) is 2.97. The minimum Gasteiger partial charge on any atom is -0.496 e. The molecular weight excluding hydrogens is 370 g/mol. The Morgan fingerprint density at radius 2 is 1.79 bits per heavy atom. The fourth-order valence-electron chi connectivity index (χ4n) is 4.55. The third kappa shape index (κ3) is 4.61. The maximum atomic E-state index is 12.5. The third-order valence-electron chi connectivity index (χ3n) is 6.21. The first-order valence-corrected chi connectivity index (χ1v) is 10.5. The van der Waals surface area contributed by atoms with Crippen molar-refractivity contribution in [2.45, 2.75) is 38.1 Å². The number of hydrogen-bond acceptors (Lipinski definition) is 4. The van der Waals surface area contributed by atoms with Crippen LogP contribution in [0.1, 0.15) is 43.7 Å². The van der Waals surface area contributed by atoms with Crippen LogP contribution in [0.5, 0.6) is 5.75 Å². The molecule has 7 heteroatoms. The summed E-state index contributed by atoms with van der Waals surface area (Å²) in [6.45, 7) is 0.624. The van der Waals surface area contributed by atoms with Gasteiger partial charge in [-0.15, -0.1) is 0 Å². The highest BCUT2D eigenvalue weighted by Gasteiger charge is 2.47. The highest BCUT2D eigenvalue weighted by atomic mass is 16.5. The molecule has 0 spiro atoms. The van der Waals surface area contributed by atoms with E-state index in [1.165, 1.54) is 9.80 Å². The van der Waals surface area contributed by atoms with E-state index in [1.807, 2.05) is 38.4 Å². The smallest absolute Gasteiger partial charge is 0.233 e. The van der Waals surface area contributed by atoms with Crippen LogP contribution in [0.15, 0.2) is 24.3 Å². The van der Waals surface area contributed by atoms with Crippen molar-refractivity contribution in [3.8, 4) is 5.75 Å². The van der Waals surface area contributed by atoms with Crippen LogP contribution in [-0.4, -0.2) is 56.9 Å². The lowest BCUT2D eigenvalue weighted by atomic mass is 9.81. The Balaban J connectivity index is 1.55. The summed E-state index contributed by atoms with van der Waals surface area (Å²) in [5.74, 6) is 0.151. The molecule has 1 aliphatic heterocycles. The van der Waals surface area contributed by atoms with Gasteiger partial charge in [-0.2, -0.15) is 0 Å². The lowest BCUT2D eigenvalue weighted by molar-refractivity contribution is -0.890. The van der Waals surface area contributed by atoms with Gasteiger partial charge in [0.1, 0.15) is 11.8 Å². The molecule has 1 saturated carbocycles. The fourth-order valence-corrected chi connectivity index (χ4v) is 4.55. The molecule has 1 aromatic carbocycles. The van der Waals surface area contributed by atoms with E-state index in [9.17, 15) is 14.4 Å². The topological polar surface area (TPSA) is 80.2 Å². The van der Waals surface area contributed by atoms with Gasteiger partial charge in [0, 0.05) is 13.0 Å². The van der Waals surface area contributed by atoms with Gasteiger partial charge >= 0.3 is 0 Å². The van der Waals surface area contributed by atoms with E-state index in [4.69, 9.17) is 4.74 Å². The number of ether oxygens (including phenoxy) is 1. The van der Waals surface area contributed by atoms with Crippen molar-refractivity contribution in [3.63, 3.8) is 0 Å². The molecule has 0 bridgehead atoms. The lowest BCUT2D eigenvalue weighted by Crippen LogP contribution is -3.07. The molecule has 1 aromatic rings. The first kappa shape index (κ1) is 21.3. The summed E-state index contributed by atoms with van der Waals surface area (Å²) in [7, 11) is 5.71. The summed E-state index contributed by atoms with van der Waals surface area (Å²) >= 11 is 0. The largest absolute Gasteiger partial charge is 0.496 e. The van der Waals surface area contributed by atoms with Crippen LogP contribution in [-0.2, 0) is 14.4 Å². The van der Waals surface area contributed by atoms with Crippen molar-refractivity contribution >= 4 is 17.7 Å². The predicted molar refractivity (Wildman–Crippen MR) is 108 cm³/mol. The SMILES string of the molecule is COc1ccccc1[C@H](CNC(=O)CCN1C(=O)[C@H]2CCCC[C@@H]2C1=O)[NH+](C)C. The molecule has 2 aliphatic rings. The van der Waals surface area contributed by atoms with Gasteiger partial charge in [-0.3, -0.25) is 19.3 Å². The first-order valence-electron chi connectivity index (χ1n) is 10.5. The number of imide groups is 1. The van der Waals surface area contributed by atoms with E-state index in [0.717, 1.165) is 37.0 Å². The molecule has 3 amide bonds. The second-order valence-corrected chi connectivity index (χ2v) is 8.25. The van der Waals surface area contributed by atoms with Crippen molar-refractivity contribution in [2.75, 3.05) is 34.3 Å². The molecular formula is C22H32N3O4+. The number of para-hydroxylation sites is 1. The van der Waals surface area contributed by atoms with Gasteiger partial charge in [0.2, 0.25) is 17.7 Å². The molecule has 3 rings (SSSR count). The van der Waals surface area contributed by atoms with Gasteiger partial charge in [-0.05, 0) is 25.0 Å². The number of likely N-dealkylation sites (tertiary alicyclic amines) is 1. The van der Waals surface area contributed by atoms with Gasteiger partial charge in [-0.1, -0.05) is 25.0 Å². The number of fused-ring (bicyclic) bond motifs is 1. The molecule has 1 saturated heterocycles. The minimum absolute atomic E-state index is 0.0352. The first-order chi connectivity index (χ1) is 13.9. The molecule has 0 aromatic heterocycles. The minimum atomic E-state index is -0.161. The second kappa shape index (κ2) is 9.39. The Labute approximate surface area is 172 Å². The molecule has 1 heterocycles. The standard InChI is InChI=1S/C22H31N3O4/c1-24(2)18(17-10-6-7-11-19(17)29-3)14-23-20(26)12-13-25-21(27)15-8-4-5-9-16(15)22(25)28/h6-7,10-11,15-16,18H,4-5,8-9,12-14H2,1-3H3,(H,23,26)/p+1/t15-,16-,18-/m0/s1. The molecule has 2 N–H and O–H groups in total. The van der Waals surface area contributed by atoms with Crippen LogP contribution >= 0.6 is 0 Å². The maximum absolute atomic E-state index is 12.5. The molecule has 3 atom stereocenters. The van der Waals surface area contributed by atoms with Crippen molar-refractivity contribution < 1.29 is 24.0 Å². The molecule has 29 heavy (non-hydrogen) atoms. The van der Waals surface area contributed by atoms with Gasteiger partial charge in [0.25, 0.3) is 0 Å². The highest BCUT2D eigenvalue weighted by Crippen LogP contribution is 2.37. The zero-order valence-corrected chi connectivity index (χ0v) is 17.6. The van der Waals surface area contributed by atoms with Crippen molar-refractivity contribution in [1.29, 1.82) is 0 Å². The highest BCUT2D eigenvalue weighted by molar-refractivity contribution is 6.05. The molecule has 7 nitrogen and oxygen atoms in total. The molecule has 1 aliphatic carbocycles. The summed E-state index contributed by atoms with van der Waals surface area (Å²) in [6, 6.07) is 7.83. The van der Waals surface area contributed by atoms with Crippen LogP contribution in [0.4, 0.5) is 0 Å². The Bertz CT molecular complexity index is 740. The van der Waals surface area contributed by atoms with E-state index in [1.54, 1.807) is 7.11 Å². The van der Waals surface area contributed by atoms with E-state index in [-0.39, 0.29) is 48.6 Å². The second-order valence-electron chi connectivity index (χ2n) is 8.25. The van der Waals surface area contributed by atoms with E-state index < -0.39 is 0 Å². The van der Waals surface area contributed by atoms with Crippen LogP contribution in [0.3, 0.4) is 0 Å². The number of quaternary nitrogens is 1. The van der Waals surface area contributed by atoms with Gasteiger partial charge in [0.15, 0.2) is 0 Å². The lowest BCUT2D eigenvalue weighted by Gasteiger charge is -2.24. The van der Waals surface area contributed by atoms with Crippen molar-refractivity contribution in [3.05, 3.63) is 29.8 Å². The Hall–Kier alpha value is -2.41. The van der Waals surface area contributed by atoms with Crippen molar-refractivity contribution in [1.82, 2.24) is 10.2 Å². The zero-order chi connectivity index (χ0) is 21.0. The Morgan fingerprint density at radius 3 is 2.38 bits per heavy atom. The number of hydrogen-bond donors (Lipinski definition) is 2. The number of amides is 3. The van der Waals surface area contributed by atoms with E-state index in [0.29, 0.717) is 6.54 Å². The quantitative estimate of drug-likeness (QED) is 0.623. The fraction of sp³-hybridized carbons (Fsp3) is 0.591. The molecule has 0 radical (unpaired) electrons. The zero-order valence-electron chi connectivity index (χ0n) is 17.6. The van der Waals surface area contributed by atoms with Gasteiger partial charge < -0.3 is 15.0 Å². The van der Waals surface area contributed by atoms with E-state index >= 15 is 0 Å². The molecule has 158 valence electrons. The Morgan fingerprint density at radius 1 is 1.17 bits per heavy atom. The Kier molecular flexibility index (Phi) is 6.90. The number of nitrogens with zero attached hydrogens (tertiary/aromatic N) is 1. The number of carbonyl (C=O) groups is 3. The summed E-state index contributed by atoms with van der Waals surface area (Å²) in [5.41, 5.74) is 1.03. The predicted octanol–water partition coefficient (Wildman–Crippen LogP) is 0.562. The maximum Gasteiger partial charge on any atom is 0.233 e. The van der Waals surface area contributed by atoms with E-state index in [2.05, 4.69) is 5.32 Å². The number of likely N-dealkylation sites (N-methyl/N-ethyl adjacent to an activating group) is 1. The van der Waals surface area contributed by atoms with Gasteiger partial charge in [0.05, 0.1) is 45.1 Å².